The van der Waals surface area contributed by atoms with Crippen molar-refractivity contribution in [2.24, 2.45) is 0 Å². The SMILES string of the molecule is CCCCc1ccc2c(c1)C(CC(F)(F)F)CN2C. The van der Waals surface area contributed by atoms with Crippen molar-refractivity contribution in [3.63, 3.8) is 0 Å². The van der Waals surface area contributed by atoms with Gasteiger partial charge in [0.1, 0.15) is 0 Å². The Morgan fingerprint density at radius 1 is 1.32 bits per heavy atom. The number of hydrogen-bond acceptors (Lipinski definition) is 1. The van der Waals surface area contributed by atoms with Crippen molar-refractivity contribution >= 4 is 5.69 Å². The van der Waals surface area contributed by atoms with Gasteiger partial charge in [0.05, 0.1) is 6.42 Å². The van der Waals surface area contributed by atoms with Gasteiger partial charge in [0.2, 0.25) is 0 Å². The van der Waals surface area contributed by atoms with Gasteiger partial charge in [0.15, 0.2) is 0 Å². The molecule has 0 amide bonds. The van der Waals surface area contributed by atoms with Crippen LogP contribution in [-0.2, 0) is 6.42 Å². The number of fused-ring (bicyclic) bond motifs is 1. The molecule has 0 saturated heterocycles. The Hall–Kier alpha value is -1.19. The van der Waals surface area contributed by atoms with Crippen LogP contribution in [0.5, 0.6) is 0 Å². The molecule has 1 aromatic rings. The van der Waals surface area contributed by atoms with E-state index in [9.17, 15) is 13.2 Å². The third kappa shape index (κ3) is 3.43. The first-order valence-corrected chi connectivity index (χ1v) is 6.81. The molecule has 0 spiro atoms. The van der Waals surface area contributed by atoms with Crippen molar-refractivity contribution in [3.8, 4) is 0 Å². The van der Waals surface area contributed by atoms with Crippen molar-refractivity contribution in [1.82, 2.24) is 0 Å². The van der Waals surface area contributed by atoms with Gasteiger partial charge in [-0.1, -0.05) is 25.5 Å². The van der Waals surface area contributed by atoms with E-state index in [1.807, 2.05) is 30.1 Å². The highest BCUT2D eigenvalue weighted by atomic mass is 19.4. The zero-order chi connectivity index (χ0) is 14.0. The number of nitrogens with zero attached hydrogens (tertiary/aromatic N) is 1. The second kappa shape index (κ2) is 5.43. The molecule has 1 aromatic carbocycles. The third-order valence-electron chi connectivity index (χ3n) is 3.73. The molecule has 0 aliphatic carbocycles. The van der Waals surface area contributed by atoms with E-state index in [1.54, 1.807) is 0 Å². The van der Waals surface area contributed by atoms with E-state index >= 15 is 0 Å². The molecule has 1 unspecified atom stereocenters. The predicted octanol–water partition coefficient (Wildman–Crippen LogP) is 4.52. The summed E-state index contributed by atoms with van der Waals surface area (Å²) in [5.74, 6) is -0.415. The quantitative estimate of drug-likeness (QED) is 0.778. The molecule has 0 aromatic heterocycles. The van der Waals surface area contributed by atoms with Crippen molar-refractivity contribution in [2.75, 3.05) is 18.5 Å². The molecule has 1 nitrogen and oxygen atoms in total. The Balaban J connectivity index is 2.22. The highest BCUT2D eigenvalue weighted by molar-refractivity contribution is 5.60. The minimum Gasteiger partial charge on any atom is -0.374 e. The van der Waals surface area contributed by atoms with Crippen molar-refractivity contribution < 1.29 is 13.2 Å². The first kappa shape index (κ1) is 14.2. The smallest absolute Gasteiger partial charge is 0.374 e. The predicted molar refractivity (Wildman–Crippen MR) is 71.7 cm³/mol. The van der Waals surface area contributed by atoms with Crippen molar-refractivity contribution in [1.29, 1.82) is 0 Å². The molecule has 1 atom stereocenters. The second-order valence-corrected chi connectivity index (χ2v) is 5.39. The molecule has 2 rings (SSSR count). The molecule has 0 fully saturated rings. The van der Waals surface area contributed by atoms with Crippen LogP contribution in [0.2, 0.25) is 0 Å². The van der Waals surface area contributed by atoms with Crippen LogP contribution >= 0.6 is 0 Å². The summed E-state index contributed by atoms with van der Waals surface area (Å²) < 4.78 is 37.8. The summed E-state index contributed by atoms with van der Waals surface area (Å²) >= 11 is 0. The Kier molecular flexibility index (Phi) is 4.07. The number of hydrogen-bond donors (Lipinski definition) is 0. The fraction of sp³-hybridized carbons (Fsp3) is 0.600. The lowest BCUT2D eigenvalue weighted by Crippen LogP contribution is -2.19. The van der Waals surface area contributed by atoms with Gasteiger partial charge in [0.25, 0.3) is 0 Å². The standard InChI is InChI=1S/C15H20F3N/c1-3-4-5-11-6-7-14-13(8-11)12(10-19(14)2)9-15(16,17)18/h6-8,12H,3-5,9-10H2,1-2H3. The third-order valence-corrected chi connectivity index (χ3v) is 3.73. The Morgan fingerprint density at radius 2 is 2.05 bits per heavy atom. The van der Waals surface area contributed by atoms with Crippen LogP contribution in [0.3, 0.4) is 0 Å². The summed E-state index contributed by atoms with van der Waals surface area (Å²) in [6.45, 7) is 2.58. The average Bonchev–Trinajstić information content (AvgIpc) is 2.61. The average molecular weight is 271 g/mol. The molecule has 19 heavy (non-hydrogen) atoms. The van der Waals surface area contributed by atoms with Crippen LogP contribution in [-0.4, -0.2) is 19.8 Å². The lowest BCUT2D eigenvalue weighted by atomic mass is 9.95. The zero-order valence-electron chi connectivity index (χ0n) is 11.4. The summed E-state index contributed by atoms with van der Waals surface area (Å²) in [6.07, 6.45) is -1.68. The topological polar surface area (TPSA) is 3.24 Å². The van der Waals surface area contributed by atoms with Gasteiger partial charge in [-0.2, -0.15) is 13.2 Å². The maximum Gasteiger partial charge on any atom is 0.389 e. The molecular weight excluding hydrogens is 251 g/mol. The van der Waals surface area contributed by atoms with E-state index in [2.05, 4.69) is 6.92 Å². The van der Waals surface area contributed by atoms with E-state index in [0.29, 0.717) is 6.54 Å². The Bertz CT molecular complexity index is 440. The Labute approximate surface area is 112 Å². The Morgan fingerprint density at radius 3 is 2.68 bits per heavy atom. The fourth-order valence-electron chi connectivity index (χ4n) is 2.80. The van der Waals surface area contributed by atoms with E-state index < -0.39 is 18.5 Å². The van der Waals surface area contributed by atoms with Crippen LogP contribution in [0.25, 0.3) is 0 Å². The minimum absolute atomic E-state index is 0.415. The number of benzene rings is 1. The number of rotatable bonds is 4. The number of likely N-dealkylation sites (N-methyl/N-ethyl adjacent to an activating group) is 1. The molecule has 1 aliphatic rings. The first-order chi connectivity index (χ1) is 8.90. The van der Waals surface area contributed by atoms with Crippen molar-refractivity contribution in [3.05, 3.63) is 29.3 Å². The largest absolute Gasteiger partial charge is 0.389 e. The maximum absolute atomic E-state index is 12.6. The minimum atomic E-state index is -4.09. The summed E-state index contributed by atoms with van der Waals surface area (Å²) in [6, 6.07) is 5.99. The number of alkyl halides is 3. The molecule has 4 heteroatoms. The molecular formula is C15H20F3N. The lowest BCUT2D eigenvalue weighted by Gasteiger charge is -2.14. The highest BCUT2D eigenvalue weighted by Gasteiger charge is 2.37. The molecule has 1 heterocycles. The summed E-state index contributed by atoms with van der Waals surface area (Å²) in [4.78, 5) is 1.93. The van der Waals surface area contributed by atoms with Gasteiger partial charge in [-0.05, 0) is 30.0 Å². The number of halogens is 3. The second-order valence-electron chi connectivity index (χ2n) is 5.39. The van der Waals surface area contributed by atoms with Gasteiger partial charge in [-0.25, -0.2) is 0 Å². The van der Waals surface area contributed by atoms with Gasteiger partial charge in [-0.15, -0.1) is 0 Å². The summed E-state index contributed by atoms with van der Waals surface area (Å²) in [5.41, 5.74) is 2.98. The van der Waals surface area contributed by atoms with Gasteiger partial charge >= 0.3 is 6.18 Å². The van der Waals surface area contributed by atoms with Crippen LogP contribution < -0.4 is 4.90 Å². The highest BCUT2D eigenvalue weighted by Crippen LogP contribution is 2.41. The van der Waals surface area contributed by atoms with E-state index in [0.717, 1.165) is 36.1 Å². The van der Waals surface area contributed by atoms with E-state index in [1.165, 1.54) is 0 Å². The van der Waals surface area contributed by atoms with Gasteiger partial charge in [0, 0.05) is 25.2 Å². The molecule has 0 N–H and O–H groups in total. The van der Waals surface area contributed by atoms with Gasteiger partial charge < -0.3 is 4.90 Å². The van der Waals surface area contributed by atoms with Crippen molar-refractivity contribution in [2.45, 2.75) is 44.7 Å². The molecule has 1 aliphatic heterocycles. The van der Waals surface area contributed by atoms with Crippen LogP contribution in [0.15, 0.2) is 18.2 Å². The van der Waals surface area contributed by atoms with Crippen LogP contribution in [0.1, 0.15) is 43.2 Å². The molecule has 0 saturated carbocycles. The maximum atomic E-state index is 12.6. The summed E-state index contributed by atoms with van der Waals surface area (Å²) in [7, 11) is 1.86. The number of aryl methyl sites for hydroxylation is 1. The first-order valence-electron chi connectivity index (χ1n) is 6.81. The van der Waals surface area contributed by atoms with Crippen LogP contribution in [0.4, 0.5) is 18.9 Å². The molecule has 106 valence electrons. The zero-order valence-corrected chi connectivity index (χ0v) is 11.4. The fourth-order valence-corrected chi connectivity index (χ4v) is 2.80. The molecule has 0 radical (unpaired) electrons. The lowest BCUT2D eigenvalue weighted by molar-refractivity contribution is -0.137. The van der Waals surface area contributed by atoms with Gasteiger partial charge in [-0.3, -0.25) is 0 Å². The molecule has 0 bridgehead atoms. The normalized spacial score (nSPS) is 18.8. The van der Waals surface area contributed by atoms with Crippen LogP contribution in [0, 0.1) is 0 Å². The number of anilines is 1. The summed E-state index contributed by atoms with van der Waals surface area (Å²) in [5, 5.41) is 0. The monoisotopic (exact) mass is 271 g/mol. The van der Waals surface area contributed by atoms with E-state index in [-0.39, 0.29) is 0 Å². The number of unbranched alkanes of at least 4 members (excludes halogenated alkanes) is 1. The van der Waals surface area contributed by atoms with E-state index in [4.69, 9.17) is 0 Å².